The van der Waals surface area contributed by atoms with Gasteiger partial charge in [0.25, 0.3) is 0 Å². The van der Waals surface area contributed by atoms with Gasteiger partial charge in [0.05, 0.1) is 17.8 Å². The van der Waals surface area contributed by atoms with Gasteiger partial charge < -0.3 is 19.3 Å². The highest BCUT2D eigenvalue weighted by Crippen LogP contribution is 2.35. The van der Waals surface area contributed by atoms with Crippen LogP contribution in [0.5, 0.6) is 5.75 Å². The van der Waals surface area contributed by atoms with E-state index in [0.717, 1.165) is 17.9 Å². The van der Waals surface area contributed by atoms with Crippen molar-refractivity contribution >= 4 is 11.9 Å². The van der Waals surface area contributed by atoms with Gasteiger partial charge in [-0.2, -0.15) is 5.10 Å². The molecule has 0 spiro atoms. The molecule has 3 heterocycles. The molecule has 1 aromatic carbocycles. The molecule has 31 heavy (non-hydrogen) atoms. The highest BCUT2D eigenvalue weighted by Gasteiger charge is 2.47. The van der Waals surface area contributed by atoms with E-state index in [4.69, 9.17) is 4.74 Å². The highest BCUT2D eigenvalue weighted by atomic mass is 19.4. The minimum Gasteiger partial charge on any atom is -0.444 e. The highest BCUT2D eigenvalue weighted by molar-refractivity contribution is 5.70. The molecule has 2 fully saturated rings. The molecular weight excluding hydrogens is 413 g/mol. The maximum atomic E-state index is 12.4. The summed E-state index contributed by atoms with van der Waals surface area (Å²) in [5.41, 5.74) is 0.958. The van der Waals surface area contributed by atoms with Crippen molar-refractivity contribution < 1.29 is 27.4 Å². The zero-order valence-electron chi connectivity index (χ0n) is 17.8. The SMILES string of the molecule is Cc1cc(N2CC3CC2CN3C(=O)OC(C)(C)C)nn1-c1ccc(OC(F)(F)F)cc1. The number of rotatable bonds is 3. The van der Waals surface area contributed by atoms with Crippen LogP contribution in [0.15, 0.2) is 30.3 Å². The van der Waals surface area contributed by atoms with Gasteiger partial charge in [-0.1, -0.05) is 0 Å². The van der Waals surface area contributed by atoms with Gasteiger partial charge in [-0.05, 0) is 58.4 Å². The van der Waals surface area contributed by atoms with Gasteiger partial charge in [-0.15, -0.1) is 13.2 Å². The first-order chi connectivity index (χ1) is 14.4. The molecule has 2 aliphatic heterocycles. The molecular formula is C21H25F3N4O3. The summed E-state index contributed by atoms with van der Waals surface area (Å²) in [4.78, 5) is 16.4. The van der Waals surface area contributed by atoms with Crippen molar-refractivity contribution in [3.05, 3.63) is 36.0 Å². The molecule has 2 saturated heterocycles. The molecule has 0 N–H and O–H groups in total. The molecule has 2 bridgehead atoms. The Morgan fingerprint density at radius 1 is 1.10 bits per heavy atom. The number of aryl methyl sites for hydroxylation is 1. The minimum atomic E-state index is -4.72. The molecule has 2 unspecified atom stereocenters. The average Bonchev–Trinajstić information content (AvgIpc) is 3.33. The van der Waals surface area contributed by atoms with E-state index in [1.54, 1.807) is 9.58 Å². The maximum Gasteiger partial charge on any atom is 0.573 e. The van der Waals surface area contributed by atoms with Crippen LogP contribution in [0, 0.1) is 6.92 Å². The van der Waals surface area contributed by atoms with Crippen molar-refractivity contribution in [3.8, 4) is 11.4 Å². The smallest absolute Gasteiger partial charge is 0.444 e. The van der Waals surface area contributed by atoms with Crippen molar-refractivity contribution in [2.45, 2.75) is 58.2 Å². The largest absolute Gasteiger partial charge is 0.573 e. The summed E-state index contributed by atoms with van der Waals surface area (Å²) in [6, 6.07) is 7.77. The number of hydrogen-bond acceptors (Lipinski definition) is 5. The Labute approximate surface area is 178 Å². The number of halogens is 3. The van der Waals surface area contributed by atoms with Crippen molar-refractivity contribution in [3.63, 3.8) is 0 Å². The van der Waals surface area contributed by atoms with Crippen molar-refractivity contribution in [1.82, 2.24) is 14.7 Å². The predicted octanol–water partition coefficient (Wildman–Crippen LogP) is 4.28. The standard InChI is InChI=1S/C21H25F3N4O3/c1-13-9-18(25-28(13)14-5-7-17(8-6-14)30-21(22,23)24)26-11-16-10-15(26)12-27(16)19(29)31-20(2,3)4/h5-9,15-16H,10-12H2,1-4H3. The van der Waals surface area contributed by atoms with E-state index in [0.29, 0.717) is 18.8 Å². The van der Waals surface area contributed by atoms with Gasteiger partial charge in [0, 0.05) is 24.8 Å². The number of piperazine rings is 1. The van der Waals surface area contributed by atoms with Crippen LogP contribution in [-0.4, -0.2) is 57.9 Å². The van der Waals surface area contributed by atoms with Gasteiger partial charge in [-0.3, -0.25) is 0 Å². The first kappa shape index (κ1) is 21.3. The molecule has 10 heteroatoms. The number of carbonyl (C=O) groups is 1. The van der Waals surface area contributed by atoms with Gasteiger partial charge in [-0.25, -0.2) is 9.48 Å². The zero-order valence-corrected chi connectivity index (χ0v) is 17.8. The summed E-state index contributed by atoms with van der Waals surface area (Å²) in [7, 11) is 0. The van der Waals surface area contributed by atoms with E-state index in [1.165, 1.54) is 24.3 Å². The van der Waals surface area contributed by atoms with E-state index in [2.05, 4.69) is 14.7 Å². The number of carbonyl (C=O) groups excluding carboxylic acids is 1. The van der Waals surface area contributed by atoms with Gasteiger partial charge in [0.15, 0.2) is 5.82 Å². The molecule has 4 rings (SSSR count). The van der Waals surface area contributed by atoms with E-state index >= 15 is 0 Å². The Morgan fingerprint density at radius 3 is 2.32 bits per heavy atom. The summed E-state index contributed by atoms with van der Waals surface area (Å²) in [6.07, 6.45) is -4.16. The Balaban J connectivity index is 1.46. The summed E-state index contributed by atoms with van der Waals surface area (Å²) in [5.74, 6) is 0.504. The van der Waals surface area contributed by atoms with Crippen molar-refractivity contribution in [2.75, 3.05) is 18.0 Å². The van der Waals surface area contributed by atoms with E-state index < -0.39 is 12.0 Å². The Kier molecular flexibility index (Phi) is 5.06. The van der Waals surface area contributed by atoms with Gasteiger partial charge in [0.1, 0.15) is 11.4 Å². The van der Waals surface area contributed by atoms with Crippen molar-refractivity contribution in [1.29, 1.82) is 0 Å². The lowest BCUT2D eigenvalue weighted by atomic mass is 10.2. The Morgan fingerprint density at radius 2 is 1.77 bits per heavy atom. The number of alkyl halides is 3. The summed E-state index contributed by atoms with van der Waals surface area (Å²) in [5, 5.41) is 4.66. The van der Waals surface area contributed by atoms with E-state index in [-0.39, 0.29) is 23.9 Å². The fraction of sp³-hybridized carbons (Fsp3) is 0.524. The van der Waals surface area contributed by atoms with Crippen molar-refractivity contribution in [2.24, 2.45) is 0 Å². The third-order valence-electron chi connectivity index (χ3n) is 5.35. The first-order valence-corrected chi connectivity index (χ1v) is 10.1. The number of hydrogen-bond donors (Lipinski definition) is 0. The Bertz CT molecular complexity index is 966. The summed E-state index contributed by atoms with van der Waals surface area (Å²) >= 11 is 0. The fourth-order valence-electron chi connectivity index (χ4n) is 4.14. The third-order valence-corrected chi connectivity index (χ3v) is 5.35. The van der Waals surface area contributed by atoms with E-state index in [1.807, 2.05) is 33.8 Å². The molecule has 2 atom stereocenters. The molecule has 0 radical (unpaired) electrons. The lowest BCUT2D eigenvalue weighted by molar-refractivity contribution is -0.274. The second kappa shape index (κ2) is 7.35. The number of nitrogens with zero attached hydrogens (tertiary/aromatic N) is 4. The second-order valence-corrected chi connectivity index (χ2v) is 8.93. The quantitative estimate of drug-likeness (QED) is 0.716. The van der Waals surface area contributed by atoms with Gasteiger partial charge in [0.2, 0.25) is 0 Å². The second-order valence-electron chi connectivity index (χ2n) is 8.93. The van der Waals surface area contributed by atoms with Crippen LogP contribution in [0.1, 0.15) is 32.9 Å². The van der Waals surface area contributed by atoms with Crippen LogP contribution in [0.3, 0.4) is 0 Å². The normalized spacial score (nSPS) is 21.0. The molecule has 0 saturated carbocycles. The summed E-state index contributed by atoms with van der Waals surface area (Å²) < 4.78 is 48.2. The fourth-order valence-corrected chi connectivity index (χ4v) is 4.14. The molecule has 168 valence electrons. The lowest BCUT2D eigenvalue weighted by Crippen LogP contribution is -2.50. The number of fused-ring (bicyclic) bond motifs is 2. The maximum absolute atomic E-state index is 12.4. The molecule has 2 aromatic rings. The van der Waals surface area contributed by atoms with Crippen LogP contribution in [0.2, 0.25) is 0 Å². The number of ether oxygens (including phenoxy) is 2. The first-order valence-electron chi connectivity index (χ1n) is 10.1. The average molecular weight is 438 g/mol. The molecule has 0 aliphatic carbocycles. The zero-order chi connectivity index (χ0) is 22.6. The minimum absolute atomic E-state index is 0.0732. The van der Waals surface area contributed by atoms with Crippen LogP contribution in [-0.2, 0) is 4.74 Å². The number of amides is 1. The number of aromatic nitrogens is 2. The van der Waals surface area contributed by atoms with Gasteiger partial charge >= 0.3 is 12.5 Å². The van der Waals surface area contributed by atoms with Crippen LogP contribution >= 0.6 is 0 Å². The van der Waals surface area contributed by atoms with Crippen LogP contribution < -0.4 is 9.64 Å². The molecule has 1 amide bonds. The topological polar surface area (TPSA) is 59.8 Å². The van der Waals surface area contributed by atoms with Crippen LogP contribution in [0.4, 0.5) is 23.8 Å². The monoisotopic (exact) mass is 438 g/mol. The predicted molar refractivity (Wildman–Crippen MR) is 107 cm³/mol. The Hall–Kier alpha value is -2.91. The summed E-state index contributed by atoms with van der Waals surface area (Å²) in [6.45, 7) is 8.68. The lowest BCUT2D eigenvalue weighted by Gasteiger charge is -2.35. The molecule has 1 aromatic heterocycles. The number of anilines is 1. The van der Waals surface area contributed by atoms with Crippen LogP contribution in [0.25, 0.3) is 5.69 Å². The third kappa shape index (κ3) is 4.57. The number of benzene rings is 1. The van der Waals surface area contributed by atoms with E-state index in [9.17, 15) is 18.0 Å². The number of likely N-dealkylation sites (tertiary alicyclic amines) is 1. The molecule has 2 aliphatic rings. The molecule has 7 nitrogen and oxygen atoms in total.